The van der Waals surface area contributed by atoms with E-state index in [1.807, 2.05) is 48.2 Å². The highest BCUT2D eigenvalue weighted by Gasteiger charge is 2.70. The van der Waals surface area contributed by atoms with E-state index in [9.17, 15) is 24.5 Å². The van der Waals surface area contributed by atoms with Gasteiger partial charge in [0, 0.05) is 45.2 Å². The maximum absolute atomic E-state index is 14.9. The topological polar surface area (TPSA) is 110 Å². The Morgan fingerprint density at radius 2 is 1.64 bits per heavy atom. The molecule has 3 aliphatic heterocycles. The molecular formula is C34H23Cl2N3O5. The minimum Gasteiger partial charge on any atom is -0.352 e. The van der Waals surface area contributed by atoms with Gasteiger partial charge in [-0.2, -0.15) is 0 Å². The molecule has 4 atom stereocenters. The molecule has 4 aromatic rings. The van der Waals surface area contributed by atoms with Gasteiger partial charge in [-0.1, -0.05) is 65.7 Å². The zero-order valence-electron chi connectivity index (χ0n) is 23.2. The number of hydrogen-bond acceptors (Lipinski definition) is 6. The van der Waals surface area contributed by atoms with Crippen molar-refractivity contribution in [2.45, 2.75) is 24.4 Å². The predicted molar refractivity (Wildman–Crippen MR) is 169 cm³/mol. The summed E-state index contributed by atoms with van der Waals surface area (Å²) in [6.07, 6.45) is 1.96. The van der Waals surface area contributed by atoms with E-state index in [4.69, 9.17) is 23.2 Å². The fourth-order valence-corrected chi connectivity index (χ4v) is 7.66. The molecule has 8 nitrogen and oxygen atoms in total. The summed E-state index contributed by atoms with van der Waals surface area (Å²) in [4.78, 5) is 56.8. The molecule has 0 bridgehead atoms. The summed E-state index contributed by atoms with van der Waals surface area (Å²) in [7, 11) is 0. The average Bonchev–Trinajstić information content (AvgIpc) is 3.49. The van der Waals surface area contributed by atoms with Crippen molar-refractivity contribution in [1.29, 1.82) is 0 Å². The van der Waals surface area contributed by atoms with Crippen molar-refractivity contribution in [2.24, 2.45) is 5.92 Å². The number of nitrogens with zero attached hydrogens (tertiary/aromatic N) is 2. The van der Waals surface area contributed by atoms with Crippen molar-refractivity contribution >= 4 is 63.3 Å². The highest BCUT2D eigenvalue weighted by molar-refractivity contribution is 6.37. The molecule has 1 N–H and O–H groups in total. The third-order valence-corrected chi connectivity index (χ3v) is 9.54. The number of rotatable bonds is 5. The molecule has 44 heavy (non-hydrogen) atoms. The van der Waals surface area contributed by atoms with Crippen LogP contribution in [-0.4, -0.2) is 34.5 Å². The molecule has 1 spiro atoms. The van der Waals surface area contributed by atoms with Gasteiger partial charge < -0.3 is 10.2 Å². The lowest BCUT2D eigenvalue weighted by Gasteiger charge is -2.39. The summed E-state index contributed by atoms with van der Waals surface area (Å²) in [5.74, 6) is -2.59. The van der Waals surface area contributed by atoms with Crippen molar-refractivity contribution in [3.8, 4) is 0 Å². The highest BCUT2D eigenvalue weighted by Crippen LogP contribution is 2.59. The van der Waals surface area contributed by atoms with Crippen LogP contribution in [0, 0.1) is 16.0 Å². The van der Waals surface area contributed by atoms with Crippen LogP contribution in [0.2, 0.25) is 10.0 Å². The van der Waals surface area contributed by atoms with Gasteiger partial charge in [0.15, 0.2) is 11.6 Å². The molecule has 3 aliphatic rings. The molecule has 1 fully saturated rings. The number of carbonyl (C=O) groups excluding carboxylic acids is 3. The first-order chi connectivity index (χ1) is 21.1. The molecular weight excluding hydrogens is 601 g/mol. The maximum Gasteiger partial charge on any atom is 0.269 e. The first-order valence-corrected chi connectivity index (χ1v) is 14.6. The predicted octanol–water partition coefficient (Wildman–Crippen LogP) is 7.15. The lowest BCUT2D eigenvalue weighted by Crippen LogP contribution is -2.51. The van der Waals surface area contributed by atoms with Crippen LogP contribution >= 0.6 is 23.2 Å². The largest absolute Gasteiger partial charge is 0.352 e. The summed E-state index contributed by atoms with van der Waals surface area (Å²) in [5.41, 5.74) is 2.24. The van der Waals surface area contributed by atoms with Crippen LogP contribution in [0.3, 0.4) is 0 Å². The van der Waals surface area contributed by atoms with Crippen LogP contribution in [0.15, 0.2) is 97.1 Å². The van der Waals surface area contributed by atoms with Crippen molar-refractivity contribution in [3.63, 3.8) is 0 Å². The quantitative estimate of drug-likeness (QED) is 0.144. The SMILES string of the molecule is CC1=C[C@@H]2N(c3ccccc31)[C@H](C(=O)c1ccc([N+](=O)[O-])cc1)[C@@H](C(=O)c1ccc(Cl)cc1Cl)[C@]21C(=O)Nc2ccccc21. The number of non-ortho nitro benzene ring substituents is 1. The Balaban J connectivity index is 1.54. The summed E-state index contributed by atoms with van der Waals surface area (Å²) in [5, 5.41) is 14.8. The number of nitrogens with one attached hydrogen (secondary N) is 1. The number of carbonyl (C=O) groups is 3. The van der Waals surface area contributed by atoms with Gasteiger partial charge in [0.1, 0.15) is 11.5 Å². The first kappa shape index (κ1) is 28.0. The normalized spacial score (nSPS) is 23.0. The van der Waals surface area contributed by atoms with Gasteiger partial charge in [-0.3, -0.25) is 24.5 Å². The van der Waals surface area contributed by atoms with Gasteiger partial charge in [0.05, 0.1) is 21.9 Å². The fourth-order valence-electron chi connectivity index (χ4n) is 7.16. The Morgan fingerprint density at radius 3 is 2.36 bits per heavy atom. The van der Waals surface area contributed by atoms with Crippen molar-refractivity contribution < 1.29 is 19.3 Å². The van der Waals surface area contributed by atoms with Crippen molar-refractivity contribution in [2.75, 3.05) is 10.2 Å². The smallest absolute Gasteiger partial charge is 0.269 e. The maximum atomic E-state index is 14.9. The van der Waals surface area contributed by atoms with E-state index in [0.29, 0.717) is 22.0 Å². The number of halogens is 2. The molecule has 0 radical (unpaired) electrons. The Morgan fingerprint density at radius 1 is 0.932 bits per heavy atom. The van der Waals surface area contributed by atoms with Crippen LogP contribution < -0.4 is 10.2 Å². The second-order valence-electron chi connectivity index (χ2n) is 11.2. The van der Waals surface area contributed by atoms with Gasteiger partial charge >= 0.3 is 0 Å². The van der Waals surface area contributed by atoms with Gasteiger partial charge in [-0.05, 0) is 60.5 Å². The highest BCUT2D eigenvalue weighted by atomic mass is 35.5. The van der Waals surface area contributed by atoms with Crippen molar-refractivity contribution in [3.05, 3.63) is 139 Å². The Labute approximate surface area is 262 Å². The van der Waals surface area contributed by atoms with E-state index < -0.39 is 45.8 Å². The zero-order valence-corrected chi connectivity index (χ0v) is 24.7. The molecule has 218 valence electrons. The monoisotopic (exact) mass is 623 g/mol. The zero-order chi connectivity index (χ0) is 30.9. The van der Waals surface area contributed by atoms with Gasteiger partial charge in [-0.15, -0.1) is 0 Å². The first-order valence-electron chi connectivity index (χ1n) is 13.9. The molecule has 3 heterocycles. The number of anilines is 2. The number of allylic oxidation sites excluding steroid dienone is 1. The number of hydrogen-bond donors (Lipinski definition) is 1. The number of nitro groups is 1. The van der Waals surface area contributed by atoms with Crippen LogP contribution in [0.1, 0.15) is 38.8 Å². The lowest BCUT2D eigenvalue weighted by molar-refractivity contribution is -0.384. The summed E-state index contributed by atoms with van der Waals surface area (Å²) >= 11 is 12.8. The van der Waals surface area contributed by atoms with E-state index in [0.717, 1.165) is 11.1 Å². The molecule has 0 aromatic heterocycles. The molecule has 0 unspecified atom stereocenters. The van der Waals surface area contributed by atoms with Gasteiger partial charge in [0.2, 0.25) is 5.91 Å². The van der Waals surface area contributed by atoms with Crippen LogP contribution in [0.4, 0.5) is 17.1 Å². The molecule has 4 aromatic carbocycles. The van der Waals surface area contributed by atoms with E-state index in [1.54, 1.807) is 24.3 Å². The lowest BCUT2D eigenvalue weighted by atomic mass is 9.64. The van der Waals surface area contributed by atoms with Gasteiger partial charge in [-0.25, -0.2) is 0 Å². The second-order valence-corrected chi connectivity index (χ2v) is 12.0. The third-order valence-electron chi connectivity index (χ3n) is 8.99. The molecule has 10 heteroatoms. The van der Waals surface area contributed by atoms with Crippen LogP contribution in [0.5, 0.6) is 0 Å². The second kappa shape index (κ2) is 10.1. The summed E-state index contributed by atoms with van der Waals surface area (Å²) in [6.45, 7) is 1.95. The van der Waals surface area contributed by atoms with E-state index >= 15 is 0 Å². The number of benzene rings is 4. The minimum absolute atomic E-state index is 0.0999. The number of nitro benzene ring substituents is 1. The van der Waals surface area contributed by atoms with Crippen LogP contribution in [0.25, 0.3) is 5.57 Å². The molecule has 0 saturated carbocycles. The summed E-state index contributed by atoms with van der Waals surface area (Å²) < 4.78 is 0. The molecule has 7 rings (SSSR count). The number of ketones is 2. The summed E-state index contributed by atoms with van der Waals surface area (Å²) in [6, 6.07) is 22.7. The van der Waals surface area contributed by atoms with E-state index in [-0.39, 0.29) is 21.8 Å². The van der Waals surface area contributed by atoms with Crippen molar-refractivity contribution in [1.82, 2.24) is 0 Å². The van der Waals surface area contributed by atoms with Crippen LogP contribution in [-0.2, 0) is 10.2 Å². The van der Waals surface area contributed by atoms with E-state index in [2.05, 4.69) is 5.32 Å². The minimum atomic E-state index is -1.52. The number of para-hydroxylation sites is 2. The molecule has 1 saturated heterocycles. The fraction of sp³-hybridized carbons (Fsp3) is 0.147. The Bertz CT molecular complexity index is 1960. The average molecular weight is 624 g/mol. The molecule has 0 aliphatic carbocycles. The van der Waals surface area contributed by atoms with E-state index in [1.165, 1.54) is 36.4 Å². The molecule has 1 amide bonds. The number of amides is 1. The number of Topliss-reactive ketones (excluding diaryl/α,β-unsaturated/α-hetero) is 2. The number of fused-ring (bicyclic) bond motifs is 6. The Kier molecular flexibility index (Phi) is 6.46. The van der Waals surface area contributed by atoms with Gasteiger partial charge in [0.25, 0.3) is 5.69 Å². The third kappa shape index (κ3) is 3.87. The Hall–Kier alpha value is -4.79. The standard InChI is InChI=1S/C34H23Cl2N3O5/c1-18-16-28-34(24-7-3-4-8-26(24)37-33(34)42)29(32(41)23-15-12-20(35)17-25(23)36)30(38(28)27-9-5-2-6-22(18)27)31(40)19-10-13-21(14-11-19)39(43)44/h2-17,28-30H,1H3,(H,37,42)/t28-,29-,30-,34+/m0/s1.